The Labute approximate surface area is 89.7 Å². The molecular formula is C13H27N. The van der Waals surface area contributed by atoms with Gasteiger partial charge >= 0.3 is 0 Å². The lowest BCUT2D eigenvalue weighted by atomic mass is 9.71. The summed E-state index contributed by atoms with van der Waals surface area (Å²) in [5, 5.41) is 3.45. The fourth-order valence-electron chi connectivity index (χ4n) is 2.64. The highest BCUT2D eigenvalue weighted by Gasteiger charge is 2.29. The molecule has 1 heteroatoms. The Bertz CT molecular complexity index is 145. The third kappa shape index (κ3) is 3.61. The van der Waals surface area contributed by atoms with Crippen molar-refractivity contribution in [2.45, 2.75) is 59.3 Å². The van der Waals surface area contributed by atoms with Gasteiger partial charge in [0, 0.05) is 0 Å². The monoisotopic (exact) mass is 197 g/mol. The molecule has 0 saturated carbocycles. The van der Waals surface area contributed by atoms with Crippen LogP contribution in [0, 0.1) is 11.3 Å². The number of unbranched alkanes of at least 4 members (excludes halogenated alkanes) is 2. The summed E-state index contributed by atoms with van der Waals surface area (Å²) < 4.78 is 0. The molecule has 0 unspecified atom stereocenters. The summed E-state index contributed by atoms with van der Waals surface area (Å²) in [7, 11) is 0. The van der Waals surface area contributed by atoms with Crippen LogP contribution >= 0.6 is 0 Å². The van der Waals surface area contributed by atoms with Crippen LogP contribution < -0.4 is 5.32 Å². The van der Waals surface area contributed by atoms with E-state index in [0.717, 1.165) is 5.92 Å². The fourth-order valence-corrected chi connectivity index (χ4v) is 2.64. The van der Waals surface area contributed by atoms with Gasteiger partial charge in [0.25, 0.3) is 0 Å². The molecule has 0 aromatic rings. The molecule has 0 atom stereocenters. The van der Waals surface area contributed by atoms with Crippen LogP contribution in [-0.2, 0) is 0 Å². The highest BCUT2D eigenvalue weighted by molar-refractivity contribution is 4.82. The number of rotatable bonds is 5. The third-order valence-corrected chi connectivity index (χ3v) is 3.87. The van der Waals surface area contributed by atoms with Gasteiger partial charge in [-0.25, -0.2) is 0 Å². The molecule has 1 N–H and O–H groups in total. The molecule has 1 fully saturated rings. The standard InChI is InChI=1S/C13H27N/c1-4-5-6-9-13(2,3)12-7-10-14-11-8-12/h12,14H,4-11H2,1-3H3. The lowest BCUT2D eigenvalue weighted by Crippen LogP contribution is -2.35. The zero-order valence-electron chi connectivity index (χ0n) is 10.2. The van der Waals surface area contributed by atoms with Gasteiger partial charge in [-0.3, -0.25) is 0 Å². The third-order valence-electron chi connectivity index (χ3n) is 3.87. The van der Waals surface area contributed by atoms with Gasteiger partial charge in [0.2, 0.25) is 0 Å². The van der Waals surface area contributed by atoms with E-state index in [2.05, 4.69) is 26.1 Å². The van der Waals surface area contributed by atoms with Crippen molar-refractivity contribution < 1.29 is 0 Å². The molecule has 0 radical (unpaired) electrons. The Morgan fingerprint density at radius 2 is 1.79 bits per heavy atom. The largest absolute Gasteiger partial charge is 0.317 e. The van der Waals surface area contributed by atoms with Crippen molar-refractivity contribution in [3.63, 3.8) is 0 Å². The molecule has 1 rings (SSSR count). The van der Waals surface area contributed by atoms with Gasteiger partial charge in [0.1, 0.15) is 0 Å². The summed E-state index contributed by atoms with van der Waals surface area (Å²) in [4.78, 5) is 0. The first kappa shape index (κ1) is 12.0. The van der Waals surface area contributed by atoms with E-state index < -0.39 is 0 Å². The molecule has 1 saturated heterocycles. The van der Waals surface area contributed by atoms with E-state index in [1.54, 1.807) is 0 Å². The van der Waals surface area contributed by atoms with Crippen LogP contribution in [0.3, 0.4) is 0 Å². The van der Waals surface area contributed by atoms with Crippen LogP contribution in [0.4, 0.5) is 0 Å². The molecule has 1 heterocycles. The van der Waals surface area contributed by atoms with Crippen LogP contribution in [-0.4, -0.2) is 13.1 Å². The second kappa shape index (κ2) is 5.75. The van der Waals surface area contributed by atoms with E-state index in [9.17, 15) is 0 Å². The maximum atomic E-state index is 3.45. The van der Waals surface area contributed by atoms with E-state index in [4.69, 9.17) is 0 Å². The number of piperidine rings is 1. The molecule has 0 bridgehead atoms. The van der Waals surface area contributed by atoms with Crippen LogP contribution in [0.5, 0.6) is 0 Å². The maximum Gasteiger partial charge on any atom is -0.00461 e. The summed E-state index contributed by atoms with van der Waals surface area (Å²) in [6.07, 6.45) is 8.38. The van der Waals surface area contributed by atoms with E-state index in [0.29, 0.717) is 5.41 Å². The normalized spacial score (nSPS) is 19.9. The zero-order chi connectivity index (χ0) is 10.4. The van der Waals surface area contributed by atoms with Gasteiger partial charge in [0.05, 0.1) is 0 Å². The summed E-state index contributed by atoms with van der Waals surface area (Å²) in [6.45, 7) is 9.71. The van der Waals surface area contributed by atoms with Gasteiger partial charge in [-0.1, -0.05) is 40.0 Å². The van der Waals surface area contributed by atoms with E-state index in [1.807, 2.05) is 0 Å². The molecule has 0 aromatic heterocycles. The first-order valence-electron chi connectivity index (χ1n) is 6.37. The predicted octanol–water partition coefficient (Wildman–Crippen LogP) is 3.59. The Morgan fingerprint density at radius 3 is 2.36 bits per heavy atom. The van der Waals surface area contributed by atoms with Crippen LogP contribution in [0.25, 0.3) is 0 Å². The highest BCUT2D eigenvalue weighted by atomic mass is 14.9. The van der Waals surface area contributed by atoms with E-state index >= 15 is 0 Å². The van der Waals surface area contributed by atoms with Gasteiger partial charge in [-0.2, -0.15) is 0 Å². The van der Waals surface area contributed by atoms with E-state index in [-0.39, 0.29) is 0 Å². The quantitative estimate of drug-likeness (QED) is 0.664. The first-order valence-corrected chi connectivity index (χ1v) is 6.37. The molecule has 0 aliphatic carbocycles. The first-order chi connectivity index (χ1) is 6.67. The molecule has 0 aromatic carbocycles. The number of nitrogens with one attached hydrogen (secondary N) is 1. The molecule has 1 aliphatic rings. The van der Waals surface area contributed by atoms with Crippen molar-refractivity contribution in [2.75, 3.05) is 13.1 Å². The van der Waals surface area contributed by atoms with Crippen molar-refractivity contribution >= 4 is 0 Å². The minimum absolute atomic E-state index is 0.581. The topological polar surface area (TPSA) is 12.0 Å². The highest BCUT2D eigenvalue weighted by Crippen LogP contribution is 2.37. The van der Waals surface area contributed by atoms with Crippen LogP contribution in [0.15, 0.2) is 0 Å². The smallest absolute Gasteiger partial charge is 0.00461 e. The van der Waals surface area contributed by atoms with Gasteiger partial charge in [-0.05, 0) is 43.7 Å². The lowest BCUT2D eigenvalue weighted by molar-refractivity contribution is 0.149. The Hall–Kier alpha value is -0.0400. The molecular weight excluding hydrogens is 170 g/mol. The minimum atomic E-state index is 0.581. The molecule has 14 heavy (non-hydrogen) atoms. The average Bonchev–Trinajstić information content (AvgIpc) is 2.19. The number of hydrogen-bond acceptors (Lipinski definition) is 1. The van der Waals surface area contributed by atoms with Crippen molar-refractivity contribution in [1.29, 1.82) is 0 Å². The molecule has 0 amide bonds. The second-order valence-electron chi connectivity index (χ2n) is 5.47. The van der Waals surface area contributed by atoms with Crippen LogP contribution in [0.1, 0.15) is 59.3 Å². The van der Waals surface area contributed by atoms with Gasteiger partial charge in [-0.15, -0.1) is 0 Å². The van der Waals surface area contributed by atoms with Crippen molar-refractivity contribution in [3.05, 3.63) is 0 Å². The van der Waals surface area contributed by atoms with E-state index in [1.165, 1.54) is 51.6 Å². The van der Waals surface area contributed by atoms with Crippen LogP contribution in [0.2, 0.25) is 0 Å². The fraction of sp³-hybridized carbons (Fsp3) is 1.00. The van der Waals surface area contributed by atoms with Gasteiger partial charge in [0.15, 0.2) is 0 Å². The van der Waals surface area contributed by atoms with Crippen molar-refractivity contribution in [2.24, 2.45) is 11.3 Å². The summed E-state index contributed by atoms with van der Waals surface area (Å²) in [5.41, 5.74) is 0.581. The average molecular weight is 197 g/mol. The Balaban J connectivity index is 2.29. The molecule has 1 nitrogen and oxygen atoms in total. The Kier molecular flexibility index (Phi) is 4.94. The zero-order valence-corrected chi connectivity index (χ0v) is 10.2. The number of hydrogen-bond donors (Lipinski definition) is 1. The van der Waals surface area contributed by atoms with Crippen molar-refractivity contribution in [3.8, 4) is 0 Å². The molecule has 0 spiro atoms. The summed E-state index contributed by atoms with van der Waals surface area (Å²) in [5.74, 6) is 0.959. The SMILES string of the molecule is CCCCCC(C)(C)C1CCNCC1. The van der Waals surface area contributed by atoms with Crippen molar-refractivity contribution in [1.82, 2.24) is 5.32 Å². The molecule has 1 aliphatic heterocycles. The Morgan fingerprint density at radius 1 is 1.14 bits per heavy atom. The molecule has 84 valence electrons. The summed E-state index contributed by atoms with van der Waals surface area (Å²) >= 11 is 0. The second-order valence-corrected chi connectivity index (χ2v) is 5.47. The lowest BCUT2D eigenvalue weighted by Gasteiger charge is -2.37. The van der Waals surface area contributed by atoms with Gasteiger partial charge < -0.3 is 5.32 Å². The summed E-state index contributed by atoms with van der Waals surface area (Å²) in [6, 6.07) is 0. The maximum absolute atomic E-state index is 3.45. The predicted molar refractivity (Wildman–Crippen MR) is 63.5 cm³/mol. The minimum Gasteiger partial charge on any atom is -0.317 e.